The fourth-order valence-electron chi connectivity index (χ4n) is 4.23. The second-order valence-corrected chi connectivity index (χ2v) is 9.89. The van der Waals surface area contributed by atoms with Crippen molar-refractivity contribution in [2.45, 2.75) is 31.5 Å². The molecule has 168 valence electrons. The van der Waals surface area contributed by atoms with E-state index in [0.717, 1.165) is 25.0 Å². The number of urea groups is 1. The molecule has 0 aromatic heterocycles. The van der Waals surface area contributed by atoms with Crippen LogP contribution in [-0.4, -0.2) is 79.6 Å². The second-order valence-electron chi connectivity index (χ2n) is 7.91. The van der Waals surface area contributed by atoms with E-state index in [4.69, 9.17) is 0 Å². The summed E-state index contributed by atoms with van der Waals surface area (Å²) in [4.78, 5) is 16.3. The molecule has 0 bridgehead atoms. The zero-order chi connectivity index (χ0) is 22.2. The van der Waals surface area contributed by atoms with Crippen LogP contribution in [0.4, 0.5) is 23.7 Å². The Hall–Kier alpha value is -1.85. The molecule has 0 radical (unpaired) electrons. The Balaban J connectivity index is 1.59. The lowest BCUT2D eigenvalue weighted by molar-refractivity contribution is -0.137. The minimum Gasteiger partial charge on any atom is -0.322 e. The smallest absolute Gasteiger partial charge is 0.322 e. The van der Waals surface area contributed by atoms with Gasteiger partial charge in [-0.2, -0.15) is 13.2 Å². The lowest BCUT2D eigenvalue weighted by Gasteiger charge is -2.45. The van der Waals surface area contributed by atoms with Gasteiger partial charge in [-0.3, -0.25) is 4.90 Å². The van der Waals surface area contributed by atoms with Crippen LogP contribution < -0.4 is 5.32 Å². The van der Waals surface area contributed by atoms with Crippen molar-refractivity contribution in [2.75, 3.05) is 50.8 Å². The van der Waals surface area contributed by atoms with Gasteiger partial charge in [-0.25, -0.2) is 17.5 Å². The highest BCUT2D eigenvalue weighted by atomic mass is 32.2. The molecule has 2 saturated heterocycles. The molecule has 1 aromatic carbocycles. The summed E-state index contributed by atoms with van der Waals surface area (Å²) in [6, 6.07) is 4.12. The second kappa shape index (κ2) is 8.35. The molecule has 2 aliphatic rings. The summed E-state index contributed by atoms with van der Waals surface area (Å²) < 4.78 is 63.9. The van der Waals surface area contributed by atoms with Crippen molar-refractivity contribution in [3.63, 3.8) is 0 Å². The summed E-state index contributed by atoms with van der Waals surface area (Å²) in [7, 11) is -3.24. The van der Waals surface area contributed by atoms with Gasteiger partial charge in [0.1, 0.15) is 0 Å². The standard InChI is InChI=1S/C19H27F3N4O3S/c1-3-18(7-8-26(14-18)30(2,28)29)25-11-9-24(10-12-25)17(27)23-16-6-4-5-15(13-16)19(20,21)22/h4-6,13H,3,7-12,14H2,1-2H3,(H,23,27). The highest BCUT2D eigenvalue weighted by Gasteiger charge is 2.45. The lowest BCUT2D eigenvalue weighted by atomic mass is 9.92. The first-order valence-corrected chi connectivity index (χ1v) is 11.7. The summed E-state index contributed by atoms with van der Waals surface area (Å²) in [6.45, 7) is 4.99. The van der Waals surface area contributed by atoms with Crippen molar-refractivity contribution in [2.24, 2.45) is 0 Å². The number of carbonyl (C=O) groups is 1. The molecule has 2 heterocycles. The van der Waals surface area contributed by atoms with Gasteiger partial charge < -0.3 is 10.2 Å². The van der Waals surface area contributed by atoms with Crippen molar-refractivity contribution < 1.29 is 26.4 Å². The van der Waals surface area contributed by atoms with E-state index in [1.165, 1.54) is 22.7 Å². The Morgan fingerprint density at radius 3 is 2.37 bits per heavy atom. The molecule has 0 aliphatic carbocycles. The average Bonchev–Trinajstić information content (AvgIpc) is 3.14. The Morgan fingerprint density at radius 1 is 1.17 bits per heavy atom. The molecule has 7 nitrogen and oxygen atoms in total. The summed E-state index contributed by atoms with van der Waals surface area (Å²) >= 11 is 0. The molecule has 1 N–H and O–H groups in total. The van der Waals surface area contributed by atoms with Gasteiger partial charge in [-0.15, -0.1) is 0 Å². The largest absolute Gasteiger partial charge is 0.416 e. The number of piperazine rings is 1. The third-order valence-corrected chi connectivity index (χ3v) is 7.35. The van der Waals surface area contributed by atoms with Gasteiger partial charge in [0, 0.05) is 50.5 Å². The van der Waals surface area contributed by atoms with Gasteiger partial charge >= 0.3 is 12.2 Å². The first kappa shape index (κ1) is 22.8. The number of amides is 2. The van der Waals surface area contributed by atoms with E-state index in [9.17, 15) is 26.4 Å². The van der Waals surface area contributed by atoms with Crippen LogP contribution in [0.5, 0.6) is 0 Å². The van der Waals surface area contributed by atoms with E-state index in [-0.39, 0.29) is 11.2 Å². The van der Waals surface area contributed by atoms with Crippen molar-refractivity contribution in [3.05, 3.63) is 29.8 Å². The average molecular weight is 449 g/mol. The number of nitrogens with zero attached hydrogens (tertiary/aromatic N) is 3. The number of halogens is 3. The Labute approximate surface area is 174 Å². The molecule has 2 aliphatic heterocycles. The first-order valence-electron chi connectivity index (χ1n) is 9.88. The van der Waals surface area contributed by atoms with Gasteiger partial charge in [0.05, 0.1) is 11.8 Å². The molecular formula is C19H27F3N4O3S. The predicted octanol–water partition coefficient (Wildman–Crippen LogP) is 2.67. The Kier molecular flexibility index (Phi) is 6.35. The normalized spacial score (nSPS) is 24.2. The van der Waals surface area contributed by atoms with Crippen LogP contribution in [0.3, 0.4) is 0 Å². The summed E-state index contributed by atoms with van der Waals surface area (Å²) in [5, 5.41) is 2.54. The fraction of sp³-hybridized carbons (Fsp3) is 0.632. The quantitative estimate of drug-likeness (QED) is 0.769. The van der Waals surface area contributed by atoms with E-state index in [2.05, 4.69) is 10.2 Å². The molecular weight excluding hydrogens is 421 g/mol. The van der Waals surface area contributed by atoms with Crippen LogP contribution in [0, 0.1) is 0 Å². The van der Waals surface area contributed by atoms with Gasteiger partial charge in [0.2, 0.25) is 10.0 Å². The number of hydrogen-bond donors (Lipinski definition) is 1. The third kappa shape index (κ3) is 4.89. The van der Waals surface area contributed by atoms with Crippen LogP contribution in [0.25, 0.3) is 0 Å². The highest BCUT2D eigenvalue weighted by molar-refractivity contribution is 7.88. The van der Waals surface area contributed by atoms with Crippen molar-refractivity contribution in [1.82, 2.24) is 14.1 Å². The minimum absolute atomic E-state index is 0.0990. The number of benzene rings is 1. The van der Waals surface area contributed by atoms with Crippen LogP contribution in [0.15, 0.2) is 24.3 Å². The summed E-state index contributed by atoms with van der Waals surface area (Å²) in [5.74, 6) is 0. The van der Waals surface area contributed by atoms with E-state index < -0.39 is 27.8 Å². The number of nitrogens with one attached hydrogen (secondary N) is 1. The molecule has 11 heteroatoms. The van der Waals surface area contributed by atoms with Crippen LogP contribution in [0.1, 0.15) is 25.3 Å². The number of alkyl halides is 3. The minimum atomic E-state index is -4.47. The van der Waals surface area contributed by atoms with Gasteiger partial charge in [0.25, 0.3) is 0 Å². The maximum Gasteiger partial charge on any atom is 0.416 e. The van der Waals surface area contributed by atoms with Gasteiger partial charge in [-0.05, 0) is 31.0 Å². The Morgan fingerprint density at radius 2 is 1.83 bits per heavy atom. The van der Waals surface area contributed by atoms with Crippen LogP contribution in [-0.2, 0) is 16.2 Å². The van der Waals surface area contributed by atoms with Crippen molar-refractivity contribution >= 4 is 21.7 Å². The van der Waals surface area contributed by atoms with Crippen LogP contribution in [0.2, 0.25) is 0 Å². The molecule has 1 unspecified atom stereocenters. The monoisotopic (exact) mass is 448 g/mol. The molecule has 0 spiro atoms. The zero-order valence-electron chi connectivity index (χ0n) is 17.1. The molecule has 2 fully saturated rings. The number of carbonyl (C=O) groups excluding carboxylic acids is 1. The summed E-state index contributed by atoms with van der Waals surface area (Å²) in [6.07, 6.45) is -1.71. The van der Waals surface area contributed by atoms with Crippen molar-refractivity contribution in [3.8, 4) is 0 Å². The third-order valence-electron chi connectivity index (χ3n) is 6.10. The highest BCUT2D eigenvalue weighted by Crippen LogP contribution is 2.34. The van der Waals surface area contributed by atoms with Gasteiger partial charge in [0.15, 0.2) is 0 Å². The maximum atomic E-state index is 12.9. The molecule has 30 heavy (non-hydrogen) atoms. The lowest BCUT2D eigenvalue weighted by Crippen LogP contribution is -2.59. The molecule has 1 aromatic rings. The molecule has 2 amide bonds. The fourth-order valence-corrected chi connectivity index (χ4v) is 5.13. The number of anilines is 1. The predicted molar refractivity (Wildman–Crippen MR) is 108 cm³/mol. The molecule has 0 saturated carbocycles. The van der Waals surface area contributed by atoms with Crippen LogP contribution >= 0.6 is 0 Å². The van der Waals surface area contributed by atoms with E-state index in [1.807, 2.05) is 6.92 Å². The van der Waals surface area contributed by atoms with E-state index in [1.54, 1.807) is 4.90 Å². The molecule has 3 rings (SSSR count). The number of sulfonamides is 1. The maximum absolute atomic E-state index is 12.9. The Bertz CT molecular complexity index is 885. The van der Waals surface area contributed by atoms with Gasteiger partial charge in [-0.1, -0.05) is 13.0 Å². The van der Waals surface area contributed by atoms with Crippen molar-refractivity contribution in [1.29, 1.82) is 0 Å². The summed E-state index contributed by atoms with van der Waals surface area (Å²) in [5.41, 5.74) is -0.958. The van der Waals surface area contributed by atoms with E-state index >= 15 is 0 Å². The van der Waals surface area contributed by atoms with E-state index in [0.29, 0.717) is 39.3 Å². The number of rotatable bonds is 4. The first-order chi connectivity index (χ1) is 13.9. The zero-order valence-corrected chi connectivity index (χ0v) is 17.9. The molecule has 1 atom stereocenters. The SMILES string of the molecule is CCC1(N2CCN(C(=O)Nc3cccc(C(F)(F)F)c3)CC2)CCN(S(C)(=O)=O)C1. The number of hydrogen-bond acceptors (Lipinski definition) is 4. The topological polar surface area (TPSA) is 73.0 Å².